The molecule has 3 aliphatic rings. The topological polar surface area (TPSA) is 63.2 Å². The number of amides is 1. The van der Waals surface area contributed by atoms with Crippen LogP contribution in [0.4, 0.5) is 4.79 Å². The lowest BCUT2D eigenvalue weighted by Crippen LogP contribution is -2.52. The SMILES string of the molecule is CCOC1=CC=CN2C1=NC(c1ccc(C3(NC(=O)OC(C)(C)C)CCC3)cc1)C2c1ccccc1. The van der Waals surface area contributed by atoms with Crippen molar-refractivity contribution >= 4 is 11.9 Å². The van der Waals surface area contributed by atoms with Gasteiger partial charge in [0, 0.05) is 6.20 Å². The molecule has 1 aliphatic carbocycles. The number of carbonyl (C=O) groups is 1. The molecule has 1 amide bonds. The maximum absolute atomic E-state index is 12.6. The maximum Gasteiger partial charge on any atom is 0.408 e. The van der Waals surface area contributed by atoms with Gasteiger partial charge in [-0.1, -0.05) is 54.6 Å². The fraction of sp³-hybridized carbons (Fsp3) is 0.400. The molecule has 36 heavy (non-hydrogen) atoms. The van der Waals surface area contributed by atoms with Gasteiger partial charge < -0.3 is 19.7 Å². The van der Waals surface area contributed by atoms with E-state index >= 15 is 0 Å². The number of ether oxygens (including phenoxy) is 2. The molecule has 2 aromatic rings. The first-order valence-electron chi connectivity index (χ1n) is 12.8. The first-order chi connectivity index (χ1) is 17.3. The molecule has 6 nitrogen and oxygen atoms in total. The van der Waals surface area contributed by atoms with Crippen molar-refractivity contribution in [3.8, 4) is 0 Å². The third-order valence-electron chi connectivity index (χ3n) is 7.01. The zero-order valence-corrected chi connectivity index (χ0v) is 21.5. The Balaban J connectivity index is 1.44. The summed E-state index contributed by atoms with van der Waals surface area (Å²) in [7, 11) is 0. The number of carbonyl (C=O) groups excluding carboxylic acids is 1. The number of amidine groups is 1. The van der Waals surface area contributed by atoms with E-state index in [0.717, 1.165) is 42.0 Å². The van der Waals surface area contributed by atoms with Gasteiger partial charge in [0.05, 0.1) is 18.2 Å². The van der Waals surface area contributed by atoms with Gasteiger partial charge in [0.1, 0.15) is 11.6 Å². The fourth-order valence-electron chi connectivity index (χ4n) is 5.24. The second kappa shape index (κ2) is 9.49. The molecule has 0 aromatic heterocycles. The predicted molar refractivity (Wildman–Crippen MR) is 141 cm³/mol. The number of benzene rings is 2. The lowest BCUT2D eigenvalue weighted by atomic mass is 9.71. The van der Waals surface area contributed by atoms with Crippen molar-refractivity contribution in [1.82, 2.24) is 10.2 Å². The van der Waals surface area contributed by atoms with Gasteiger partial charge in [0.2, 0.25) is 0 Å². The van der Waals surface area contributed by atoms with E-state index < -0.39 is 5.60 Å². The summed E-state index contributed by atoms with van der Waals surface area (Å²) in [4.78, 5) is 19.9. The lowest BCUT2D eigenvalue weighted by molar-refractivity contribution is 0.0377. The standard InChI is InChI=1S/C30H35N3O3/c1-5-35-24-13-9-20-33-26(22-11-7-6-8-12-22)25(31-27(24)33)21-14-16-23(17-15-21)30(18-10-19-30)32-28(34)36-29(2,3)4/h6-9,11-17,20,25-26H,5,10,18-19H2,1-4H3,(H,32,34). The van der Waals surface area contributed by atoms with E-state index in [1.54, 1.807) is 0 Å². The first kappa shape index (κ1) is 24.2. The molecule has 2 heterocycles. The van der Waals surface area contributed by atoms with Crippen molar-refractivity contribution in [1.29, 1.82) is 0 Å². The van der Waals surface area contributed by atoms with E-state index in [9.17, 15) is 4.79 Å². The minimum Gasteiger partial charge on any atom is -0.490 e. The number of hydrogen-bond acceptors (Lipinski definition) is 5. The number of aliphatic imine (C=N–C) groups is 1. The summed E-state index contributed by atoms with van der Waals surface area (Å²) in [5, 5.41) is 3.16. The monoisotopic (exact) mass is 485 g/mol. The van der Waals surface area contributed by atoms with E-state index in [2.05, 4.69) is 64.9 Å². The molecule has 0 radical (unpaired) electrons. The van der Waals surface area contributed by atoms with Crippen molar-refractivity contribution in [2.75, 3.05) is 6.61 Å². The summed E-state index contributed by atoms with van der Waals surface area (Å²) in [6.45, 7) is 8.24. The van der Waals surface area contributed by atoms with Crippen LogP contribution in [0.1, 0.15) is 75.7 Å². The summed E-state index contributed by atoms with van der Waals surface area (Å²) in [6, 6.07) is 19.0. The highest BCUT2D eigenvalue weighted by Crippen LogP contribution is 2.46. The van der Waals surface area contributed by atoms with Crippen molar-refractivity contribution in [3.05, 3.63) is 95.4 Å². The van der Waals surface area contributed by atoms with Gasteiger partial charge in [0.15, 0.2) is 11.6 Å². The zero-order chi connectivity index (χ0) is 25.3. The van der Waals surface area contributed by atoms with Crippen molar-refractivity contribution in [2.45, 2.75) is 70.2 Å². The predicted octanol–water partition coefficient (Wildman–Crippen LogP) is 6.53. The number of alkyl carbamates (subject to hydrolysis) is 1. The van der Waals surface area contributed by atoms with Crippen LogP contribution in [-0.4, -0.2) is 29.0 Å². The normalized spacial score (nSPS) is 22.2. The minimum atomic E-state index is -0.525. The molecule has 2 aromatic carbocycles. The molecule has 1 saturated carbocycles. The third kappa shape index (κ3) is 4.64. The summed E-state index contributed by atoms with van der Waals surface area (Å²) >= 11 is 0. The van der Waals surface area contributed by atoms with Crippen molar-refractivity contribution in [3.63, 3.8) is 0 Å². The second-order valence-electron chi connectivity index (χ2n) is 10.7. The lowest BCUT2D eigenvalue weighted by Gasteiger charge is -2.43. The van der Waals surface area contributed by atoms with Crippen molar-refractivity contribution < 1.29 is 14.3 Å². The Hall–Kier alpha value is -3.54. The van der Waals surface area contributed by atoms with Crippen LogP contribution in [0.5, 0.6) is 0 Å². The highest BCUT2D eigenvalue weighted by molar-refractivity contribution is 6.00. The fourth-order valence-corrected chi connectivity index (χ4v) is 5.24. The summed E-state index contributed by atoms with van der Waals surface area (Å²) in [5.74, 6) is 1.67. The van der Waals surface area contributed by atoms with Gasteiger partial charge in [-0.3, -0.25) is 4.99 Å². The van der Waals surface area contributed by atoms with Gasteiger partial charge >= 0.3 is 6.09 Å². The van der Waals surface area contributed by atoms with Crippen LogP contribution in [-0.2, 0) is 15.0 Å². The summed E-state index contributed by atoms with van der Waals surface area (Å²) in [5.41, 5.74) is 2.55. The molecule has 1 N–H and O–H groups in total. The van der Waals surface area contributed by atoms with E-state index in [1.165, 1.54) is 5.56 Å². The molecule has 0 bridgehead atoms. The summed E-state index contributed by atoms with van der Waals surface area (Å²) in [6.07, 6.45) is 8.62. The highest BCUT2D eigenvalue weighted by Gasteiger charge is 2.43. The minimum absolute atomic E-state index is 0.0324. The first-order valence-corrected chi connectivity index (χ1v) is 12.8. The number of allylic oxidation sites excluding steroid dienone is 2. The van der Waals surface area contributed by atoms with Crippen LogP contribution >= 0.6 is 0 Å². The second-order valence-corrected chi connectivity index (χ2v) is 10.7. The van der Waals surface area contributed by atoms with Crippen LogP contribution in [0, 0.1) is 0 Å². The highest BCUT2D eigenvalue weighted by atomic mass is 16.6. The Morgan fingerprint density at radius 2 is 1.81 bits per heavy atom. The quantitative estimate of drug-likeness (QED) is 0.505. The molecular formula is C30H35N3O3. The summed E-state index contributed by atoms with van der Waals surface area (Å²) < 4.78 is 11.5. The largest absolute Gasteiger partial charge is 0.490 e. The Kier molecular flexibility index (Phi) is 6.37. The average Bonchev–Trinajstić information content (AvgIpc) is 3.22. The van der Waals surface area contributed by atoms with E-state index in [0.29, 0.717) is 6.61 Å². The Labute approximate surface area is 213 Å². The number of rotatable bonds is 6. The van der Waals surface area contributed by atoms with Crippen molar-refractivity contribution in [2.24, 2.45) is 4.99 Å². The maximum atomic E-state index is 12.6. The van der Waals surface area contributed by atoms with E-state index in [4.69, 9.17) is 14.5 Å². The Morgan fingerprint density at radius 3 is 2.42 bits per heavy atom. The molecule has 2 aliphatic heterocycles. The molecule has 188 valence electrons. The number of nitrogens with zero attached hydrogens (tertiary/aromatic N) is 2. The smallest absolute Gasteiger partial charge is 0.408 e. The zero-order valence-electron chi connectivity index (χ0n) is 21.5. The molecule has 1 fully saturated rings. The molecule has 2 atom stereocenters. The van der Waals surface area contributed by atoms with Crippen LogP contribution in [0.2, 0.25) is 0 Å². The molecule has 0 saturated heterocycles. The van der Waals surface area contributed by atoms with E-state index in [-0.39, 0.29) is 23.7 Å². The van der Waals surface area contributed by atoms with Crippen LogP contribution in [0.25, 0.3) is 0 Å². The van der Waals surface area contributed by atoms with Gasteiger partial charge in [-0.25, -0.2) is 4.79 Å². The molecule has 0 spiro atoms. The number of fused-ring (bicyclic) bond motifs is 1. The van der Waals surface area contributed by atoms with Crippen LogP contribution in [0.15, 0.2) is 83.7 Å². The van der Waals surface area contributed by atoms with Gasteiger partial charge in [0.25, 0.3) is 0 Å². The Bertz CT molecular complexity index is 1190. The number of hydrogen-bond donors (Lipinski definition) is 1. The molecule has 2 unspecified atom stereocenters. The van der Waals surface area contributed by atoms with Gasteiger partial charge in [-0.15, -0.1) is 0 Å². The van der Waals surface area contributed by atoms with Gasteiger partial charge in [-0.05, 0) is 75.8 Å². The molecule has 5 rings (SSSR count). The average molecular weight is 486 g/mol. The van der Waals surface area contributed by atoms with E-state index in [1.807, 2.05) is 45.9 Å². The third-order valence-corrected chi connectivity index (χ3v) is 7.01. The molecular weight excluding hydrogens is 450 g/mol. The molecule has 6 heteroatoms. The van der Waals surface area contributed by atoms with Crippen LogP contribution < -0.4 is 5.32 Å². The van der Waals surface area contributed by atoms with Gasteiger partial charge in [-0.2, -0.15) is 0 Å². The Morgan fingerprint density at radius 1 is 1.08 bits per heavy atom. The number of nitrogens with one attached hydrogen (secondary N) is 1. The van der Waals surface area contributed by atoms with Crippen LogP contribution in [0.3, 0.4) is 0 Å².